The second kappa shape index (κ2) is 5.53. The number of hydrogen-bond acceptors (Lipinski definition) is 1. The molecule has 0 amide bonds. The third-order valence-electron chi connectivity index (χ3n) is 4.67. The number of aromatic nitrogens is 1. The third kappa shape index (κ3) is 2.26. The number of amidine groups is 1. The zero-order valence-electron chi connectivity index (χ0n) is 13.6. The standard InChI is InChI=1S/C21H19N3/c1-14-6-2-3-7-16(14)13-24-19-9-5-4-8-17(19)18-12-15(21(22)23)10-11-20(18)24/h2-12H,13H2,1H3,(H3,22,23). The molecule has 1 heterocycles. The van der Waals surface area contributed by atoms with E-state index in [-0.39, 0.29) is 5.84 Å². The summed E-state index contributed by atoms with van der Waals surface area (Å²) in [4.78, 5) is 0. The van der Waals surface area contributed by atoms with Crippen LogP contribution in [-0.4, -0.2) is 10.4 Å². The monoisotopic (exact) mass is 313 g/mol. The molecule has 0 aliphatic rings. The molecule has 1 aromatic heterocycles. The Morgan fingerprint density at radius 3 is 2.42 bits per heavy atom. The fourth-order valence-corrected chi connectivity index (χ4v) is 3.35. The summed E-state index contributed by atoms with van der Waals surface area (Å²) in [5, 5.41) is 10.0. The van der Waals surface area contributed by atoms with E-state index in [1.165, 1.54) is 27.5 Å². The molecule has 3 N–H and O–H groups in total. The summed E-state index contributed by atoms with van der Waals surface area (Å²) in [6, 6.07) is 22.9. The van der Waals surface area contributed by atoms with E-state index in [2.05, 4.69) is 66.1 Å². The molecule has 0 saturated heterocycles. The fraction of sp³-hybridized carbons (Fsp3) is 0.0952. The van der Waals surface area contributed by atoms with Crippen LogP contribution >= 0.6 is 0 Å². The van der Waals surface area contributed by atoms with Gasteiger partial charge in [-0.3, -0.25) is 5.41 Å². The van der Waals surface area contributed by atoms with Crippen LogP contribution < -0.4 is 5.73 Å². The quantitative estimate of drug-likeness (QED) is 0.426. The van der Waals surface area contributed by atoms with Crippen molar-refractivity contribution in [1.82, 2.24) is 4.57 Å². The second-order valence-corrected chi connectivity index (χ2v) is 6.18. The van der Waals surface area contributed by atoms with Crippen molar-refractivity contribution < 1.29 is 0 Å². The van der Waals surface area contributed by atoms with Crippen molar-refractivity contribution >= 4 is 27.6 Å². The number of rotatable bonds is 3. The van der Waals surface area contributed by atoms with Crippen LogP contribution in [0.4, 0.5) is 0 Å². The number of nitrogens with two attached hydrogens (primary N) is 1. The van der Waals surface area contributed by atoms with Crippen LogP contribution in [0.15, 0.2) is 66.7 Å². The predicted octanol–water partition coefficient (Wildman–Crippen LogP) is 4.44. The average molecular weight is 313 g/mol. The molecule has 118 valence electrons. The molecule has 0 fully saturated rings. The molecule has 3 aromatic carbocycles. The summed E-state index contributed by atoms with van der Waals surface area (Å²) in [7, 11) is 0. The minimum Gasteiger partial charge on any atom is -0.384 e. The summed E-state index contributed by atoms with van der Waals surface area (Å²) in [5.41, 5.74) is 11.4. The van der Waals surface area contributed by atoms with Crippen molar-refractivity contribution in [3.8, 4) is 0 Å². The number of nitrogens with one attached hydrogen (secondary N) is 1. The van der Waals surface area contributed by atoms with Gasteiger partial charge in [-0.1, -0.05) is 42.5 Å². The van der Waals surface area contributed by atoms with E-state index in [9.17, 15) is 0 Å². The molecule has 3 heteroatoms. The average Bonchev–Trinajstić information content (AvgIpc) is 2.90. The van der Waals surface area contributed by atoms with E-state index in [1.54, 1.807) is 0 Å². The van der Waals surface area contributed by atoms with Gasteiger partial charge in [0.25, 0.3) is 0 Å². The molecular weight excluding hydrogens is 294 g/mol. The van der Waals surface area contributed by atoms with E-state index < -0.39 is 0 Å². The van der Waals surface area contributed by atoms with Crippen molar-refractivity contribution in [1.29, 1.82) is 5.41 Å². The van der Waals surface area contributed by atoms with Crippen LogP contribution in [0, 0.1) is 12.3 Å². The maximum Gasteiger partial charge on any atom is 0.122 e. The molecule has 4 aromatic rings. The molecule has 0 spiro atoms. The van der Waals surface area contributed by atoms with E-state index in [1.807, 2.05) is 12.1 Å². The van der Waals surface area contributed by atoms with Gasteiger partial charge in [0.05, 0.1) is 0 Å². The first-order valence-electron chi connectivity index (χ1n) is 8.05. The van der Waals surface area contributed by atoms with Crippen molar-refractivity contribution in [2.45, 2.75) is 13.5 Å². The van der Waals surface area contributed by atoms with Crippen LogP contribution in [-0.2, 0) is 6.54 Å². The Kier molecular flexibility index (Phi) is 3.35. The zero-order valence-corrected chi connectivity index (χ0v) is 13.6. The van der Waals surface area contributed by atoms with E-state index in [4.69, 9.17) is 11.1 Å². The molecular formula is C21H19N3. The Labute approximate surface area is 140 Å². The Morgan fingerprint density at radius 1 is 0.917 bits per heavy atom. The van der Waals surface area contributed by atoms with Crippen LogP contribution in [0.5, 0.6) is 0 Å². The molecule has 0 unspecified atom stereocenters. The van der Waals surface area contributed by atoms with Crippen LogP contribution in [0.25, 0.3) is 21.8 Å². The lowest BCUT2D eigenvalue weighted by molar-refractivity contribution is 0.861. The normalized spacial score (nSPS) is 11.2. The zero-order chi connectivity index (χ0) is 16.7. The largest absolute Gasteiger partial charge is 0.384 e. The van der Waals surface area contributed by atoms with Gasteiger partial charge in [0.2, 0.25) is 0 Å². The number of fused-ring (bicyclic) bond motifs is 3. The number of benzene rings is 3. The van der Waals surface area contributed by atoms with Gasteiger partial charge in [0, 0.05) is 33.9 Å². The highest BCUT2D eigenvalue weighted by molar-refractivity contribution is 6.10. The van der Waals surface area contributed by atoms with Gasteiger partial charge in [-0.2, -0.15) is 0 Å². The summed E-state index contributed by atoms with van der Waals surface area (Å²) in [6.07, 6.45) is 0. The third-order valence-corrected chi connectivity index (χ3v) is 4.67. The van der Waals surface area contributed by atoms with Gasteiger partial charge in [0.1, 0.15) is 5.84 Å². The molecule has 0 aliphatic heterocycles. The van der Waals surface area contributed by atoms with Gasteiger partial charge in [-0.25, -0.2) is 0 Å². The molecule has 24 heavy (non-hydrogen) atoms. The Bertz CT molecular complexity index is 1070. The first kappa shape index (κ1) is 14.5. The smallest absolute Gasteiger partial charge is 0.122 e. The van der Waals surface area contributed by atoms with Gasteiger partial charge >= 0.3 is 0 Å². The number of aryl methyl sites for hydroxylation is 1. The van der Waals surface area contributed by atoms with Gasteiger partial charge in [-0.15, -0.1) is 0 Å². The van der Waals surface area contributed by atoms with Crippen LogP contribution in [0.1, 0.15) is 16.7 Å². The highest BCUT2D eigenvalue weighted by atomic mass is 15.0. The maximum absolute atomic E-state index is 7.70. The molecule has 3 nitrogen and oxygen atoms in total. The Hall–Kier alpha value is -3.07. The minimum absolute atomic E-state index is 0.104. The maximum atomic E-state index is 7.70. The SMILES string of the molecule is Cc1ccccc1Cn1c2ccccc2c2cc(C(=N)N)ccc21. The first-order valence-corrected chi connectivity index (χ1v) is 8.05. The molecule has 0 atom stereocenters. The first-order chi connectivity index (χ1) is 11.6. The second-order valence-electron chi connectivity index (χ2n) is 6.18. The lowest BCUT2D eigenvalue weighted by Crippen LogP contribution is -2.10. The topological polar surface area (TPSA) is 54.8 Å². The number of hydrogen-bond donors (Lipinski definition) is 2. The van der Waals surface area contributed by atoms with Crippen molar-refractivity contribution in [2.75, 3.05) is 0 Å². The number of nitrogen functional groups attached to an aromatic ring is 1. The highest BCUT2D eigenvalue weighted by Crippen LogP contribution is 2.30. The fourth-order valence-electron chi connectivity index (χ4n) is 3.35. The summed E-state index contributed by atoms with van der Waals surface area (Å²) < 4.78 is 2.34. The van der Waals surface area contributed by atoms with E-state index in [0.717, 1.165) is 17.5 Å². The Balaban J connectivity index is 1.99. The lowest BCUT2D eigenvalue weighted by Gasteiger charge is -2.10. The molecule has 0 aliphatic carbocycles. The molecule has 0 radical (unpaired) electrons. The summed E-state index contributed by atoms with van der Waals surface area (Å²) in [5.74, 6) is 0.104. The van der Waals surface area contributed by atoms with Gasteiger partial charge < -0.3 is 10.3 Å². The van der Waals surface area contributed by atoms with Crippen LogP contribution in [0.2, 0.25) is 0 Å². The van der Waals surface area contributed by atoms with Gasteiger partial charge in [0.15, 0.2) is 0 Å². The summed E-state index contributed by atoms with van der Waals surface area (Å²) in [6.45, 7) is 2.98. The van der Waals surface area contributed by atoms with E-state index >= 15 is 0 Å². The van der Waals surface area contributed by atoms with E-state index in [0.29, 0.717) is 0 Å². The van der Waals surface area contributed by atoms with Crippen molar-refractivity contribution in [3.05, 3.63) is 83.4 Å². The van der Waals surface area contributed by atoms with Crippen molar-refractivity contribution in [3.63, 3.8) is 0 Å². The van der Waals surface area contributed by atoms with Crippen LogP contribution in [0.3, 0.4) is 0 Å². The summed E-state index contributed by atoms with van der Waals surface area (Å²) >= 11 is 0. The molecule has 0 bridgehead atoms. The number of nitrogens with zero attached hydrogens (tertiary/aromatic N) is 1. The number of para-hydroxylation sites is 1. The van der Waals surface area contributed by atoms with Gasteiger partial charge in [-0.05, 0) is 42.3 Å². The minimum atomic E-state index is 0.104. The predicted molar refractivity (Wildman–Crippen MR) is 101 cm³/mol. The lowest BCUT2D eigenvalue weighted by atomic mass is 10.1. The molecule has 0 saturated carbocycles. The van der Waals surface area contributed by atoms with Crippen molar-refractivity contribution in [2.24, 2.45) is 5.73 Å². The Morgan fingerprint density at radius 2 is 1.62 bits per heavy atom. The highest BCUT2D eigenvalue weighted by Gasteiger charge is 2.12. The molecule has 4 rings (SSSR count).